The lowest BCUT2D eigenvalue weighted by molar-refractivity contribution is -0.133. The van der Waals surface area contributed by atoms with Crippen LogP contribution >= 0.6 is 0 Å². The van der Waals surface area contributed by atoms with Crippen LogP contribution in [0.3, 0.4) is 0 Å². The molecule has 0 saturated carbocycles. The minimum absolute atomic E-state index is 0.167. The molecule has 0 bridgehead atoms. The zero-order chi connectivity index (χ0) is 17.8. The summed E-state index contributed by atoms with van der Waals surface area (Å²) in [6.45, 7) is 6.48. The second kappa shape index (κ2) is 7.95. The number of carbonyl (C=O) groups excluding carboxylic acids is 2. The van der Waals surface area contributed by atoms with Crippen molar-refractivity contribution >= 4 is 17.4 Å². The maximum absolute atomic E-state index is 14.0. The molecule has 0 spiro atoms. The Balaban J connectivity index is 1.58. The number of piperidine rings is 1. The van der Waals surface area contributed by atoms with Crippen LogP contribution in [0.5, 0.6) is 0 Å². The maximum atomic E-state index is 14.0. The first kappa shape index (κ1) is 17.9. The second-order valence-electron chi connectivity index (χ2n) is 6.89. The van der Waals surface area contributed by atoms with Crippen molar-refractivity contribution in [3.05, 3.63) is 29.6 Å². The highest BCUT2D eigenvalue weighted by Crippen LogP contribution is 2.25. The van der Waals surface area contributed by atoms with Crippen molar-refractivity contribution in [2.45, 2.75) is 26.2 Å². The van der Waals surface area contributed by atoms with Crippen LogP contribution in [0.4, 0.5) is 10.1 Å². The van der Waals surface area contributed by atoms with E-state index in [1.54, 1.807) is 12.1 Å². The summed E-state index contributed by atoms with van der Waals surface area (Å²) >= 11 is 0. The summed E-state index contributed by atoms with van der Waals surface area (Å²) in [6, 6.07) is 4.77. The van der Waals surface area contributed by atoms with E-state index in [0.717, 1.165) is 39.0 Å². The lowest BCUT2D eigenvalue weighted by Gasteiger charge is -2.37. The van der Waals surface area contributed by atoms with E-state index >= 15 is 0 Å². The summed E-state index contributed by atoms with van der Waals surface area (Å²) in [5.41, 5.74) is 0.829. The summed E-state index contributed by atoms with van der Waals surface area (Å²) in [4.78, 5) is 30.3. The Morgan fingerprint density at radius 3 is 2.32 bits per heavy atom. The molecule has 25 heavy (non-hydrogen) atoms. The Kier molecular flexibility index (Phi) is 5.68. The van der Waals surface area contributed by atoms with Gasteiger partial charge in [-0.1, -0.05) is 6.07 Å². The molecule has 136 valence electrons. The maximum Gasteiger partial charge on any atom is 0.236 e. The highest BCUT2D eigenvalue weighted by molar-refractivity contribution is 6.00. The van der Waals surface area contributed by atoms with Gasteiger partial charge in [0.25, 0.3) is 0 Å². The van der Waals surface area contributed by atoms with Crippen molar-refractivity contribution in [2.75, 3.05) is 50.7 Å². The largest absolute Gasteiger partial charge is 0.368 e. The van der Waals surface area contributed by atoms with Gasteiger partial charge < -0.3 is 9.80 Å². The molecule has 1 aromatic carbocycles. The molecular weight excluding hydrogens is 321 g/mol. The number of halogens is 1. The molecule has 0 N–H and O–H groups in total. The van der Waals surface area contributed by atoms with Gasteiger partial charge >= 0.3 is 0 Å². The number of likely N-dealkylation sites (tertiary alicyclic amines) is 1. The Hall–Kier alpha value is -1.95. The summed E-state index contributed by atoms with van der Waals surface area (Å²) in [5.74, 6) is -0.508. The van der Waals surface area contributed by atoms with Crippen molar-refractivity contribution in [2.24, 2.45) is 0 Å². The van der Waals surface area contributed by atoms with Gasteiger partial charge in [-0.2, -0.15) is 0 Å². The fourth-order valence-corrected chi connectivity index (χ4v) is 3.71. The van der Waals surface area contributed by atoms with Gasteiger partial charge in [-0.25, -0.2) is 4.39 Å². The van der Waals surface area contributed by atoms with Crippen LogP contribution in [0, 0.1) is 5.82 Å². The molecular formula is C19H26FN3O2. The predicted molar refractivity (Wildman–Crippen MR) is 95.5 cm³/mol. The Morgan fingerprint density at radius 2 is 1.68 bits per heavy atom. The van der Waals surface area contributed by atoms with Crippen molar-refractivity contribution in [1.82, 2.24) is 9.80 Å². The number of carbonyl (C=O) groups is 2. The van der Waals surface area contributed by atoms with Gasteiger partial charge in [0.05, 0.1) is 17.8 Å². The zero-order valence-electron chi connectivity index (χ0n) is 14.8. The number of rotatable bonds is 4. The van der Waals surface area contributed by atoms with Crippen LogP contribution in [0.15, 0.2) is 18.2 Å². The number of amides is 1. The lowest BCUT2D eigenvalue weighted by atomic mass is 10.1. The average Bonchev–Trinajstić information content (AvgIpc) is 2.62. The van der Waals surface area contributed by atoms with Gasteiger partial charge in [-0.15, -0.1) is 0 Å². The minimum atomic E-state index is -0.465. The number of hydrogen-bond donors (Lipinski definition) is 0. The van der Waals surface area contributed by atoms with E-state index < -0.39 is 5.82 Å². The topological polar surface area (TPSA) is 43.9 Å². The standard InChI is InChI=1S/C19H26FN3O2/c1-15(24)19-16(20)6-5-7-17(19)22-12-10-21(11-13-22)14-18(25)23-8-3-2-4-9-23/h5-7H,2-4,8-14H2,1H3. The smallest absolute Gasteiger partial charge is 0.236 e. The molecule has 5 nitrogen and oxygen atoms in total. The number of nitrogens with zero attached hydrogens (tertiary/aromatic N) is 3. The number of Topliss-reactive ketones (excluding diaryl/α,β-unsaturated/α-hetero) is 1. The van der Waals surface area contributed by atoms with Crippen LogP contribution in [-0.2, 0) is 4.79 Å². The van der Waals surface area contributed by atoms with Crippen molar-refractivity contribution in [3.8, 4) is 0 Å². The van der Waals surface area contributed by atoms with E-state index in [1.807, 2.05) is 9.80 Å². The molecule has 3 rings (SSSR count). The van der Waals surface area contributed by atoms with Crippen molar-refractivity contribution in [1.29, 1.82) is 0 Å². The summed E-state index contributed by atoms with van der Waals surface area (Å²) in [7, 11) is 0. The van der Waals surface area contributed by atoms with Gasteiger partial charge in [-0.3, -0.25) is 14.5 Å². The third-order valence-corrected chi connectivity index (χ3v) is 5.12. The van der Waals surface area contributed by atoms with E-state index in [2.05, 4.69) is 4.90 Å². The molecule has 1 amide bonds. The van der Waals surface area contributed by atoms with Crippen molar-refractivity contribution < 1.29 is 14.0 Å². The van der Waals surface area contributed by atoms with Crippen LogP contribution in [0.2, 0.25) is 0 Å². The second-order valence-corrected chi connectivity index (χ2v) is 6.89. The Morgan fingerprint density at radius 1 is 1.00 bits per heavy atom. The van der Waals surface area contributed by atoms with E-state index in [0.29, 0.717) is 25.3 Å². The van der Waals surface area contributed by atoms with Crippen LogP contribution in [-0.4, -0.2) is 67.3 Å². The van der Waals surface area contributed by atoms with E-state index in [-0.39, 0.29) is 17.3 Å². The van der Waals surface area contributed by atoms with E-state index in [1.165, 1.54) is 19.4 Å². The SMILES string of the molecule is CC(=O)c1c(F)cccc1N1CCN(CC(=O)N2CCCCC2)CC1. The molecule has 1 aromatic rings. The van der Waals surface area contributed by atoms with Crippen LogP contribution in [0.1, 0.15) is 36.5 Å². The average molecular weight is 347 g/mol. The molecule has 0 unspecified atom stereocenters. The highest BCUT2D eigenvalue weighted by atomic mass is 19.1. The van der Waals surface area contributed by atoms with Gasteiger partial charge in [0, 0.05) is 39.3 Å². The molecule has 2 heterocycles. The Labute approximate surface area is 148 Å². The molecule has 2 saturated heterocycles. The number of benzene rings is 1. The first-order chi connectivity index (χ1) is 12.1. The Bertz CT molecular complexity index is 636. The van der Waals surface area contributed by atoms with E-state index in [9.17, 15) is 14.0 Å². The monoisotopic (exact) mass is 347 g/mol. The predicted octanol–water partition coefficient (Wildman–Crippen LogP) is 2.16. The normalized spacial score (nSPS) is 19.1. The molecule has 0 aliphatic carbocycles. The van der Waals surface area contributed by atoms with Gasteiger partial charge in [0.1, 0.15) is 5.82 Å². The number of hydrogen-bond acceptors (Lipinski definition) is 4. The molecule has 2 aliphatic rings. The van der Waals surface area contributed by atoms with Crippen LogP contribution in [0.25, 0.3) is 0 Å². The van der Waals surface area contributed by atoms with Gasteiger partial charge in [0.15, 0.2) is 5.78 Å². The summed E-state index contributed by atoms with van der Waals surface area (Å²) < 4.78 is 14.0. The lowest BCUT2D eigenvalue weighted by Crippen LogP contribution is -2.51. The number of ketones is 1. The first-order valence-electron chi connectivity index (χ1n) is 9.11. The van der Waals surface area contributed by atoms with Gasteiger partial charge in [0.2, 0.25) is 5.91 Å². The number of piperazine rings is 1. The molecule has 2 aliphatic heterocycles. The fraction of sp³-hybridized carbons (Fsp3) is 0.579. The quantitative estimate of drug-likeness (QED) is 0.783. The highest BCUT2D eigenvalue weighted by Gasteiger charge is 2.25. The fourth-order valence-electron chi connectivity index (χ4n) is 3.71. The zero-order valence-corrected chi connectivity index (χ0v) is 14.8. The minimum Gasteiger partial charge on any atom is -0.368 e. The summed E-state index contributed by atoms with van der Waals surface area (Å²) in [6.07, 6.45) is 3.42. The molecule has 0 aromatic heterocycles. The van der Waals surface area contributed by atoms with Gasteiger partial charge in [-0.05, 0) is 38.3 Å². The van der Waals surface area contributed by atoms with Crippen LogP contribution < -0.4 is 4.90 Å². The molecule has 6 heteroatoms. The first-order valence-corrected chi connectivity index (χ1v) is 9.11. The van der Waals surface area contributed by atoms with Crippen molar-refractivity contribution in [3.63, 3.8) is 0 Å². The third-order valence-electron chi connectivity index (χ3n) is 5.12. The molecule has 0 atom stereocenters. The summed E-state index contributed by atoms with van der Waals surface area (Å²) in [5, 5.41) is 0. The van der Waals surface area contributed by atoms with E-state index in [4.69, 9.17) is 0 Å². The molecule has 2 fully saturated rings. The molecule has 0 radical (unpaired) electrons. The third kappa shape index (κ3) is 4.18. The number of anilines is 1.